The molecule has 1 rings (SSSR count). The highest BCUT2D eigenvalue weighted by Crippen LogP contribution is 2.12. The SMILES string of the molecule is Cc1cccc(CC(C)CCNC(C)C)c1. The van der Waals surface area contributed by atoms with Crippen molar-refractivity contribution in [3.05, 3.63) is 35.4 Å². The van der Waals surface area contributed by atoms with E-state index >= 15 is 0 Å². The van der Waals surface area contributed by atoms with E-state index in [1.807, 2.05) is 0 Å². The first-order valence-corrected chi connectivity index (χ1v) is 6.37. The molecule has 0 aliphatic heterocycles. The number of aryl methyl sites for hydroxylation is 1. The summed E-state index contributed by atoms with van der Waals surface area (Å²) < 4.78 is 0. The number of benzene rings is 1. The van der Waals surface area contributed by atoms with Crippen LogP contribution < -0.4 is 5.32 Å². The van der Waals surface area contributed by atoms with Gasteiger partial charge >= 0.3 is 0 Å². The van der Waals surface area contributed by atoms with Gasteiger partial charge in [-0.15, -0.1) is 0 Å². The maximum atomic E-state index is 3.47. The fourth-order valence-corrected chi connectivity index (χ4v) is 1.96. The van der Waals surface area contributed by atoms with Gasteiger partial charge in [0.25, 0.3) is 0 Å². The van der Waals surface area contributed by atoms with E-state index in [-0.39, 0.29) is 0 Å². The van der Waals surface area contributed by atoms with E-state index in [9.17, 15) is 0 Å². The average Bonchev–Trinajstić information content (AvgIpc) is 2.16. The van der Waals surface area contributed by atoms with Crippen LogP contribution in [0.2, 0.25) is 0 Å². The van der Waals surface area contributed by atoms with Crippen molar-refractivity contribution in [1.29, 1.82) is 0 Å². The zero-order valence-electron chi connectivity index (χ0n) is 11.1. The maximum Gasteiger partial charge on any atom is 0.00103 e. The van der Waals surface area contributed by atoms with E-state index in [1.54, 1.807) is 0 Å². The maximum absolute atomic E-state index is 3.47. The largest absolute Gasteiger partial charge is 0.315 e. The summed E-state index contributed by atoms with van der Waals surface area (Å²) in [7, 11) is 0. The summed E-state index contributed by atoms with van der Waals surface area (Å²) in [6.45, 7) is 10.0. The van der Waals surface area contributed by atoms with Crippen LogP contribution in [0.4, 0.5) is 0 Å². The fourth-order valence-electron chi connectivity index (χ4n) is 1.96. The molecule has 0 heterocycles. The van der Waals surface area contributed by atoms with E-state index in [0.29, 0.717) is 6.04 Å². The smallest absolute Gasteiger partial charge is 0.00103 e. The van der Waals surface area contributed by atoms with E-state index in [4.69, 9.17) is 0 Å². The minimum Gasteiger partial charge on any atom is -0.315 e. The van der Waals surface area contributed by atoms with E-state index < -0.39 is 0 Å². The molecule has 0 saturated heterocycles. The summed E-state index contributed by atoms with van der Waals surface area (Å²) in [5.41, 5.74) is 2.84. The van der Waals surface area contributed by atoms with E-state index in [0.717, 1.165) is 12.5 Å². The molecule has 0 aliphatic carbocycles. The average molecular weight is 219 g/mol. The topological polar surface area (TPSA) is 12.0 Å². The molecule has 16 heavy (non-hydrogen) atoms. The van der Waals surface area contributed by atoms with Crippen molar-refractivity contribution in [2.45, 2.75) is 46.6 Å². The molecule has 0 radical (unpaired) electrons. The lowest BCUT2D eigenvalue weighted by atomic mass is 9.97. The summed E-state index contributed by atoms with van der Waals surface area (Å²) in [6.07, 6.45) is 2.45. The van der Waals surface area contributed by atoms with Gasteiger partial charge < -0.3 is 5.32 Å². The van der Waals surface area contributed by atoms with Crippen molar-refractivity contribution >= 4 is 0 Å². The highest BCUT2D eigenvalue weighted by atomic mass is 14.9. The monoisotopic (exact) mass is 219 g/mol. The van der Waals surface area contributed by atoms with E-state index in [2.05, 4.69) is 57.3 Å². The van der Waals surface area contributed by atoms with Crippen LogP contribution in [-0.4, -0.2) is 12.6 Å². The van der Waals surface area contributed by atoms with Crippen molar-refractivity contribution in [3.63, 3.8) is 0 Å². The Balaban J connectivity index is 2.31. The lowest BCUT2D eigenvalue weighted by Crippen LogP contribution is -2.25. The molecule has 0 spiro atoms. The first kappa shape index (κ1) is 13.2. The fraction of sp³-hybridized carbons (Fsp3) is 0.600. The first-order valence-electron chi connectivity index (χ1n) is 6.37. The van der Waals surface area contributed by atoms with Gasteiger partial charge in [-0.05, 0) is 37.8 Å². The molecule has 0 fully saturated rings. The van der Waals surface area contributed by atoms with Gasteiger partial charge in [0.1, 0.15) is 0 Å². The molecular formula is C15H25N. The zero-order valence-corrected chi connectivity index (χ0v) is 11.1. The van der Waals surface area contributed by atoms with Gasteiger partial charge in [-0.1, -0.05) is 50.6 Å². The predicted molar refractivity (Wildman–Crippen MR) is 71.8 cm³/mol. The Morgan fingerprint density at radius 1 is 1.19 bits per heavy atom. The van der Waals surface area contributed by atoms with E-state index in [1.165, 1.54) is 24.0 Å². The molecule has 1 nitrogen and oxygen atoms in total. The molecule has 1 heteroatoms. The zero-order chi connectivity index (χ0) is 12.0. The minimum atomic E-state index is 0.603. The number of hydrogen-bond donors (Lipinski definition) is 1. The van der Waals surface area contributed by atoms with Gasteiger partial charge in [0.05, 0.1) is 0 Å². The van der Waals surface area contributed by atoms with Crippen LogP contribution in [0.25, 0.3) is 0 Å². The molecule has 1 aromatic rings. The van der Waals surface area contributed by atoms with Gasteiger partial charge in [0.15, 0.2) is 0 Å². The van der Waals surface area contributed by atoms with Gasteiger partial charge in [-0.3, -0.25) is 0 Å². The lowest BCUT2D eigenvalue weighted by molar-refractivity contribution is 0.476. The van der Waals surface area contributed by atoms with Crippen molar-refractivity contribution in [2.75, 3.05) is 6.54 Å². The molecule has 0 amide bonds. The Morgan fingerprint density at radius 2 is 1.94 bits per heavy atom. The number of rotatable bonds is 6. The molecule has 0 aliphatic rings. The molecule has 0 aromatic heterocycles. The summed E-state index contributed by atoms with van der Waals surface area (Å²) in [5, 5.41) is 3.47. The Bertz CT molecular complexity index is 304. The second-order valence-electron chi connectivity index (χ2n) is 5.20. The first-order chi connectivity index (χ1) is 7.58. The van der Waals surface area contributed by atoms with Gasteiger partial charge in [0, 0.05) is 6.04 Å². The van der Waals surface area contributed by atoms with Crippen LogP contribution >= 0.6 is 0 Å². The third-order valence-electron chi connectivity index (χ3n) is 2.86. The molecule has 1 unspecified atom stereocenters. The summed E-state index contributed by atoms with van der Waals surface area (Å²) in [5.74, 6) is 0.757. The Kier molecular flexibility index (Phi) is 5.54. The van der Waals surface area contributed by atoms with Crippen molar-refractivity contribution in [2.24, 2.45) is 5.92 Å². The van der Waals surface area contributed by atoms with Crippen LogP contribution in [0.1, 0.15) is 38.3 Å². The second-order valence-corrected chi connectivity index (χ2v) is 5.20. The number of nitrogens with one attached hydrogen (secondary N) is 1. The molecule has 0 bridgehead atoms. The Labute approximate surface area is 100 Å². The summed E-state index contributed by atoms with van der Waals surface area (Å²) in [6, 6.07) is 9.45. The predicted octanol–water partition coefficient (Wildman–Crippen LogP) is 3.56. The molecular weight excluding hydrogens is 194 g/mol. The molecule has 0 saturated carbocycles. The molecule has 1 N–H and O–H groups in total. The minimum absolute atomic E-state index is 0.603. The second kappa shape index (κ2) is 6.70. The Morgan fingerprint density at radius 3 is 2.56 bits per heavy atom. The molecule has 1 atom stereocenters. The van der Waals surface area contributed by atoms with Crippen molar-refractivity contribution in [1.82, 2.24) is 5.32 Å². The summed E-state index contributed by atoms with van der Waals surface area (Å²) in [4.78, 5) is 0. The van der Waals surface area contributed by atoms with Crippen LogP contribution in [-0.2, 0) is 6.42 Å². The highest BCUT2D eigenvalue weighted by Gasteiger charge is 2.04. The Hall–Kier alpha value is -0.820. The van der Waals surface area contributed by atoms with Crippen LogP contribution in [0, 0.1) is 12.8 Å². The summed E-state index contributed by atoms with van der Waals surface area (Å²) >= 11 is 0. The third-order valence-corrected chi connectivity index (χ3v) is 2.86. The van der Waals surface area contributed by atoms with Crippen LogP contribution in [0.3, 0.4) is 0 Å². The molecule has 90 valence electrons. The molecule has 1 aromatic carbocycles. The third kappa shape index (κ3) is 5.32. The standard InChI is InChI=1S/C15H25N/c1-12(2)16-9-8-14(4)11-15-7-5-6-13(3)10-15/h5-7,10,12,14,16H,8-9,11H2,1-4H3. The van der Waals surface area contributed by atoms with Crippen molar-refractivity contribution in [3.8, 4) is 0 Å². The van der Waals surface area contributed by atoms with Gasteiger partial charge in [-0.25, -0.2) is 0 Å². The van der Waals surface area contributed by atoms with Gasteiger partial charge in [0.2, 0.25) is 0 Å². The quantitative estimate of drug-likeness (QED) is 0.771. The van der Waals surface area contributed by atoms with Gasteiger partial charge in [-0.2, -0.15) is 0 Å². The van der Waals surface area contributed by atoms with Crippen molar-refractivity contribution < 1.29 is 0 Å². The normalized spacial score (nSPS) is 13.1. The highest BCUT2D eigenvalue weighted by molar-refractivity contribution is 5.22. The number of hydrogen-bond acceptors (Lipinski definition) is 1. The van der Waals surface area contributed by atoms with Crippen LogP contribution in [0.5, 0.6) is 0 Å². The van der Waals surface area contributed by atoms with Crippen LogP contribution in [0.15, 0.2) is 24.3 Å². The lowest BCUT2D eigenvalue weighted by Gasteiger charge is -2.14.